The lowest BCUT2D eigenvalue weighted by molar-refractivity contribution is -0.123. The van der Waals surface area contributed by atoms with E-state index in [4.69, 9.17) is 9.52 Å². The Bertz CT molecular complexity index is 1740. The number of rotatable bonds is 7. The molecule has 2 amide bonds. The first-order chi connectivity index (χ1) is 20.4. The Morgan fingerprint density at radius 2 is 1.74 bits per heavy atom. The highest BCUT2D eigenvalue weighted by atomic mass is 32.2. The number of amides is 2. The predicted molar refractivity (Wildman–Crippen MR) is 153 cm³/mol. The maximum atomic E-state index is 15.3. The summed E-state index contributed by atoms with van der Waals surface area (Å²) in [7, 11) is 0. The number of anilines is 1. The fraction of sp³-hybridized carbons (Fsp3) is 0.129. The third-order valence-electron chi connectivity index (χ3n) is 6.79. The molecule has 1 unspecified atom stereocenters. The molecule has 1 aliphatic heterocycles. The molecule has 3 aromatic carbocycles. The van der Waals surface area contributed by atoms with Gasteiger partial charge in [-0.2, -0.15) is 5.10 Å². The molecule has 0 saturated heterocycles. The van der Waals surface area contributed by atoms with Crippen LogP contribution in [0.15, 0.2) is 95.6 Å². The van der Waals surface area contributed by atoms with E-state index in [0.29, 0.717) is 28.3 Å². The van der Waals surface area contributed by atoms with Crippen molar-refractivity contribution >= 4 is 29.4 Å². The quantitative estimate of drug-likeness (QED) is 0.251. The van der Waals surface area contributed by atoms with Crippen molar-refractivity contribution in [2.75, 3.05) is 17.2 Å². The lowest BCUT2D eigenvalue weighted by atomic mass is 9.99. The molecule has 0 spiro atoms. The molecule has 0 bridgehead atoms. The Hall–Kier alpha value is -4.77. The zero-order valence-corrected chi connectivity index (χ0v) is 22.8. The van der Waals surface area contributed by atoms with Crippen LogP contribution in [0.2, 0.25) is 0 Å². The smallest absolute Gasteiger partial charge is 0.240 e. The minimum atomic E-state index is -0.787. The molecule has 11 heteroatoms. The van der Waals surface area contributed by atoms with Crippen LogP contribution < -0.4 is 10.2 Å². The van der Waals surface area contributed by atoms with Crippen LogP contribution in [0.5, 0.6) is 0 Å². The number of hydrogen-bond acceptors (Lipinski definition) is 5. The number of aromatic nitrogens is 2. The van der Waals surface area contributed by atoms with Crippen LogP contribution >= 0.6 is 11.8 Å². The van der Waals surface area contributed by atoms with Crippen molar-refractivity contribution in [2.45, 2.75) is 11.8 Å². The molecule has 0 radical (unpaired) electrons. The fourth-order valence-corrected chi connectivity index (χ4v) is 6.07. The average Bonchev–Trinajstić information content (AvgIpc) is 3.62. The number of carbonyl (C=O) groups excluding carboxylic acids is 2. The highest BCUT2D eigenvalue weighted by Crippen LogP contribution is 2.49. The molecule has 212 valence electrons. The third-order valence-corrected chi connectivity index (χ3v) is 8.03. The summed E-state index contributed by atoms with van der Waals surface area (Å²) in [5.74, 6) is -2.17. The highest BCUT2D eigenvalue weighted by Gasteiger charge is 2.38. The normalized spacial score (nSPS) is 14.9. The van der Waals surface area contributed by atoms with E-state index < -0.39 is 34.5 Å². The Morgan fingerprint density at radius 3 is 2.45 bits per heavy atom. The van der Waals surface area contributed by atoms with Crippen LogP contribution in [-0.4, -0.2) is 33.9 Å². The van der Waals surface area contributed by atoms with Gasteiger partial charge in [0.25, 0.3) is 0 Å². The molecule has 7 nitrogen and oxygen atoms in total. The van der Waals surface area contributed by atoms with E-state index in [9.17, 15) is 18.4 Å². The average molecular weight is 589 g/mol. The predicted octanol–water partition coefficient (Wildman–Crippen LogP) is 6.04. The number of carbonyl (C=O) groups is 2. The number of halogens is 3. The van der Waals surface area contributed by atoms with Gasteiger partial charge in [0, 0.05) is 22.8 Å². The summed E-state index contributed by atoms with van der Waals surface area (Å²) in [6.45, 7) is -0.252. The largest absolute Gasteiger partial charge is 0.467 e. The Kier molecular flexibility index (Phi) is 7.58. The second-order valence-corrected chi connectivity index (χ2v) is 10.6. The van der Waals surface area contributed by atoms with E-state index in [1.54, 1.807) is 12.1 Å². The maximum Gasteiger partial charge on any atom is 0.240 e. The number of nitrogens with zero attached hydrogens (tertiary/aromatic N) is 3. The van der Waals surface area contributed by atoms with Gasteiger partial charge in [-0.3, -0.25) is 14.5 Å². The van der Waals surface area contributed by atoms with Crippen molar-refractivity contribution in [3.63, 3.8) is 0 Å². The lowest BCUT2D eigenvalue weighted by Gasteiger charge is -2.23. The number of fused-ring (bicyclic) bond motifs is 1. The van der Waals surface area contributed by atoms with Gasteiger partial charge >= 0.3 is 0 Å². The Balaban J connectivity index is 1.55. The second-order valence-electron chi connectivity index (χ2n) is 9.53. The first-order valence-electron chi connectivity index (χ1n) is 13.0. The van der Waals surface area contributed by atoms with Gasteiger partial charge in [-0.05, 0) is 42.5 Å². The first kappa shape index (κ1) is 27.4. The van der Waals surface area contributed by atoms with E-state index in [0.717, 1.165) is 23.9 Å². The van der Waals surface area contributed by atoms with E-state index in [1.807, 2.05) is 30.3 Å². The maximum absolute atomic E-state index is 15.3. The zero-order chi connectivity index (χ0) is 29.2. The number of hydrogen-bond donors (Lipinski definition) is 1. The molecular formula is C31H23F3N4O3S. The summed E-state index contributed by atoms with van der Waals surface area (Å²) in [6, 6.07) is 21.4. The molecule has 0 aliphatic carbocycles. The van der Waals surface area contributed by atoms with Gasteiger partial charge in [0.15, 0.2) is 0 Å². The third kappa shape index (κ3) is 5.42. The van der Waals surface area contributed by atoms with E-state index >= 15 is 4.39 Å². The molecule has 1 aliphatic rings. The Labute approximate surface area is 242 Å². The Morgan fingerprint density at radius 1 is 0.976 bits per heavy atom. The minimum Gasteiger partial charge on any atom is -0.467 e. The molecule has 0 fully saturated rings. The zero-order valence-electron chi connectivity index (χ0n) is 22.0. The van der Waals surface area contributed by atoms with Crippen LogP contribution in [0.4, 0.5) is 19.0 Å². The topological polar surface area (TPSA) is 80.4 Å². The van der Waals surface area contributed by atoms with Gasteiger partial charge < -0.3 is 9.73 Å². The van der Waals surface area contributed by atoms with Gasteiger partial charge in [0.05, 0.1) is 35.2 Å². The molecule has 6 rings (SSSR count). The first-order valence-corrected chi connectivity index (χ1v) is 14.0. The van der Waals surface area contributed by atoms with Crippen molar-refractivity contribution in [3.05, 3.63) is 126 Å². The monoisotopic (exact) mass is 588 g/mol. The van der Waals surface area contributed by atoms with Crippen LogP contribution in [0.25, 0.3) is 16.9 Å². The summed E-state index contributed by atoms with van der Waals surface area (Å²) in [6.07, 6.45) is 1.49. The summed E-state index contributed by atoms with van der Waals surface area (Å²) in [5.41, 5.74) is 2.17. The summed E-state index contributed by atoms with van der Waals surface area (Å²) < 4.78 is 49.9. The van der Waals surface area contributed by atoms with Crippen molar-refractivity contribution in [1.82, 2.24) is 15.1 Å². The van der Waals surface area contributed by atoms with Crippen LogP contribution in [0.1, 0.15) is 22.1 Å². The standard InChI is InChI=1S/C31H23F3N4O3S/c32-20-8-11-22(12-9-20)38-31-28(29(36-38)19-5-2-1-3-6-19)30(24-13-10-21(33)15-25(24)34)42-18-27(40)37(31)17-26(39)35-16-23-7-4-14-41-23/h1-15,30H,16-18H2,(H,35,39). The van der Waals surface area contributed by atoms with Gasteiger partial charge in [-0.1, -0.05) is 36.4 Å². The fourth-order valence-electron chi connectivity index (χ4n) is 4.85. The summed E-state index contributed by atoms with van der Waals surface area (Å²) in [4.78, 5) is 28.2. The SMILES string of the molecule is O=C(CN1C(=O)CSC(c2ccc(F)cc2F)c2c(-c3ccccc3)nn(-c3ccc(F)cc3)c21)NCc1ccco1. The molecule has 1 atom stereocenters. The highest BCUT2D eigenvalue weighted by molar-refractivity contribution is 8.00. The molecule has 1 N–H and O–H groups in total. The molecule has 0 saturated carbocycles. The van der Waals surface area contributed by atoms with Gasteiger partial charge in [0.1, 0.15) is 35.6 Å². The van der Waals surface area contributed by atoms with E-state index in [-0.39, 0.29) is 30.2 Å². The molecule has 2 aromatic heterocycles. The molecular weight excluding hydrogens is 565 g/mol. The van der Waals surface area contributed by atoms with Gasteiger partial charge in [-0.15, -0.1) is 11.8 Å². The van der Waals surface area contributed by atoms with Crippen molar-refractivity contribution < 1.29 is 27.2 Å². The van der Waals surface area contributed by atoms with E-state index in [2.05, 4.69) is 5.32 Å². The van der Waals surface area contributed by atoms with Crippen molar-refractivity contribution in [2.24, 2.45) is 0 Å². The number of benzene rings is 3. The van der Waals surface area contributed by atoms with Crippen LogP contribution in [-0.2, 0) is 16.1 Å². The summed E-state index contributed by atoms with van der Waals surface area (Å²) in [5, 5.41) is 6.82. The van der Waals surface area contributed by atoms with Crippen LogP contribution in [0.3, 0.4) is 0 Å². The van der Waals surface area contributed by atoms with E-state index in [1.165, 1.54) is 46.2 Å². The summed E-state index contributed by atoms with van der Waals surface area (Å²) >= 11 is 1.16. The second kappa shape index (κ2) is 11.6. The molecule has 5 aromatic rings. The van der Waals surface area contributed by atoms with Crippen molar-refractivity contribution in [1.29, 1.82) is 0 Å². The number of nitrogens with one attached hydrogen (secondary N) is 1. The number of furan rings is 1. The van der Waals surface area contributed by atoms with Gasteiger partial charge in [0.2, 0.25) is 11.8 Å². The molecule has 3 heterocycles. The number of thioether (sulfide) groups is 1. The van der Waals surface area contributed by atoms with Crippen molar-refractivity contribution in [3.8, 4) is 16.9 Å². The van der Waals surface area contributed by atoms with Crippen LogP contribution in [0, 0.1) is 17.5 Å². The minimum absolute atomic E-state index is 0.0979. The van der Waals surface area contributed by atoms with Gasteiger partial charge in [-0.25, -0.2) is 17.9 Å². The lowest BCUT2D eigenvalue weighted by Crippen LogP contribution is -2.42. The molecule has 42 heavy (non-hydrogen) atoms.